The van der Waals surface area contributed by atoms with Crippen molar-refractivity contribution in [1.29, 1.82) is 0 Å². The van der Waals surface area contributed by atoms with E-state index >= 15 is 0 Å². The van der Waals surface area contributed by atoms with Gasteiger partial charge in [0.05, 0.1) is 0 Å². The minimum absolute atomic E-state index is 0.549. The summed E-state index contributed by atoms with van der Waals surface area (Å²) in [6.45, 7) is 6.96. The molecule has 0 aromatic carbocycles. The zero-order valence-corrected chi connectivity index (χ0v) is 7.65. The second-order valence-electron chi connectivity index (χ2n) is 4.72. The summed E-state index contributed by atoms with van der Waals surface area (Å²) in [6.07, 6.45) is 2.54. The third-order valence-corrected chi connectivity index (χ3v) is 3.97. The number of fused-ring (bicyclic) bond motifs is 1. The number of hydrogen-bond acceptors (Lipinski definition) is 1. The highest BCUT2D eigenvalue weighted by molar-refractivity contribution is 5.26. The maximum absolute atomic E-state index is 5.90. The number of nitrogens with two attached hydrogens (primary N) is 1. The van der Waals surface area contributed by atoms with E-state index in [2.05, 4.69) is 20.8 Å². The molecule has 0 amide bonds. The zero-order valence-electron chi connectivity index (χ0n) is 7.65. The fourth-order valence-electron chi connectivity index (χ4n) is 2.75. The summed E-state index contributed by atoms with van der Waals surface area (Å²) in [4.78, 5) is 0. The van der Waals surface area contributed by atoms with Crippen LogP contribution < -0.4 is 5.73 Å². The molecule has 62 valence electrons. The summed E-state index contributed by atoms with van der Waals surface area (Å²) in [7, 11) is 0. The van der Waals surface area contributed by atoms with E-state index in [0.717, 1.165) is 18.3 Å². The van der Waals surface area contributed by atoms with Crippen molar-refractivity contribution in [2.75, 3.05) is 0 Å². The Labute approximate surface area is 68.7 Å². The molecule has 0 aromatic rings. The van der Waals surface area contributed by atoms with E-state index in [1.807, 2.05) is 0 Å². The molecule has 0 heterocycles. The fourth-order valence-corrected chi connectivity index (χ4v) is 2.75. The summed E-state index contributed by atoms with van der Waals surface area (Å²) in [6, 6.07) is 0. The van der Waals surface area contributed by atoms with Gasteiger partial charge in [-0.25, -0.2) is 0 Å². The standard InChI is InChI=1S/C10H17N/c1-6-8-4-7(5-9(6)11)10(8,2)3/h7-8H,4-5,11H2,1-3H3. The van der Waals surface area contributed by atoms with Crippen LogP contribution in [0.4, 0.5) is 0 Å². The molecule has 2 N–H and O–H groups in total. The molecular formula is C10H17N. The molecular weight excluding hydrogens is 134 g/mol. The van der Waals surface area contributed by atoms with Gasteiger partial charge in [-0.1, -0.05) is 19.4 Å². The normalized spacial score (nSPS) is 40.3. The van der Waals surface area contributed by atoms with Crippen LogP contribution in [-0.4, -0.2) is 0 Å². The topological polar surface area (TPSA) is 26.0 Å². The van der Waals surface area contributed by atoms with Crippen molar-refractivity contribution in [2.45, 2.75) is 33.6 Å². The smallest absolute Gasteiger partial charge is 0.00755 e. The van der Waals surface area contributed by atoms with Crippen molar-refractivity contribution in [3.8, 4) is 0 Å². The summed E-state index contributed by atoms with van der Waals surface area (Å²) < 4.78 is 0. The number of hydrogen-bond donors (Lipinski definition) is 1. The van der Waals surface area contributed by atoms with Gasteiger partial charge in [0.2, 0.25) is 0 Å². The summed E-state index contributed by atoms with van der Waals surface area (Å²) >= 11 is 0. The van der Waals surface area contributed by atoms with Crippen LogP contribution in [0.2, 0.25) is 0 Å². The zero-order chi connectivity index (χ0) is 8.22. The highest BCUT2D eigenvalue weighted by Crippen LogP contribution is 2.60. The first kappa shape index (κ1) is 7.20. The lowest BCUT2D eigenvalue weighted by Gasteiger charge is -2.57. The van der Waals surface area contributed by atoms with Gasteiger partial charge in [0.15, 0.2) is 0 Å². The Morgan fingerprint density at radius 2 is 2.09 bits per heavy atom. The number of rotatable bonds is 0. The Bertz CT molecular complexity index is 225. The minimum atomic E-state index is 0.549. The van der Waals surface area contributed by atoms with Gasteiger partial charge >= 0.3 is 0 Å². The molecule has 3 aliphatic rings. The van der Waals surface area contributed by atoms with E-state index in [1.54, 1.807) is 0 Å². The summed E-state index contributed by atoms with van der Waals surface area (Å²) in [5.41, 5.74) is 9.09. The second kappa shape index (κ2) is 1.82. The first-order chi connectivity index (χ1) is 5.03. The lowest BCUT2D eigenvalue weighted by molar-refractivity contribution is -0.0104. The molecule has 3 rings (SSSR count). The third kappa shape index (κ3) is 0.715. The van der Waals surface area contributed by atoms with E-state index in [9.17, 15) is 0 Å². The van der Waals surface area contributed by atoms with E-state index in [0.29, 0.717) is 5.41 Å². The summed E-state index contributed by atoms with van der Waals surface area (Å²) in [5.74, 6) is 1.66. The molecule has 2 bridgehead atoms. The molecule has 3 aliphatic carbocycles. The third-order valence-electron chi connectivity index (χ3n) is 3.97. The first-order valence-corrected chi connectivity index (χ1v) is 4.48. The van der Waals surface area contributed by atoms with Crippen LogP contribution in [0.3, 0.4) is 0 Å². The molecule has 0 saturated heterocycles. The van der Waals surface area contributed by atoms with Gasteiger partial charge in [-0.15, -0.1) is 0 Å². The predicted molar refractivity (Wildman–Crippen MR) is 46.9 cm³/mol. The molecule has 1 fully saturated rings. The van der Waals surface area contributed by atoms with Crippen molar-refractivity contribution < 1.29 is 0 Å². The molecule has 2 unspecified atom stereocenters. The molecule has 1 heteroatoms. The first-order valence-electron chi connectivity index (χ1n) is 4.48. The Balaban J connectivity index is 2.34. The highest BCUT2D eigenvalue weighted by Gasteiger charge is 2.51. The van der Waals surface area contributed by atoms with Crippen molar-refractivity contribution in [3.05, 3.63) is 11.3 Å². The van der Waals surface area contributed by atoms with Gasteiger partial charge in [0, 0.05) is 5.70 Å². The minimum Gasteiger partial charge on any atom is -0.402 e. The van der Waals surface area contributed by atoms with Crippen molar-refractivity contribution in [3.63, 3.8) is 0 Å². The largest absolute Gasteiger partial charge is 0.402 e. The van der Waals surface area contributed by atoms with E-state index in [4.69, 9.17) is 5.73 Å². The molecule has 0 aliphatic heterocycles. The lowest BCUT2D eigenvalue weighted by atomic mass is 9.48. The molecule has 0 aromatic heterocycles. The molecule has 0 spiro atoms. The fraction of sp³-hybridized carbons (Fsp3) is 0.800. The Morgan fingerprint density at radius 1 is 1.45 bits per heavy atom. The maximum Gasteiger partial charge on any atom is 0.00755 e. The maximum atomic E-state index is 5.90. The number of allylic oxidation sites excluding steroid dienone is 2. The molecule has 2 atom stereocenters. The van der Waals surface area contributed by atoms with Gasteiger partial charge in [-0.05, 0) is 37.0 Å². The van der Waals surface area contributed by atoms with Gasteiger partial charge in [0.1, 0.15) is 0 Å². The van der Waals surface area contributed by atoms with Crippen LogP contribution >= 0.6 is 0 Å². The molecule has 0 radical (unpaired) electrons. The van der Waals surface area contributed by atoms with Crippen LogP contribution in [0.5, 0.6) is 0 Å². The van der Waals surface area contributed by atoms with Gasteiger partial charge in [-0.3, -0.25) is 0 Å². The molecule has 1 saturated carbocycles. The molecule has 11 heavy (non-hydrogen) atoms. The van der Waals surface area contributed by atoms with Crippen molar-refractivity contribution in [1.82, 2.24) is 0 Å². The van der Waals surface area contributed by atoms with Gasteiger partial charge in [-0.2, -0.15) is 0 Å². The van der Waals surface area contributed by atoms with Crippen molar-refractivity contribution >= 4 is 0 Å². The van der Waals surface area contributed by atoms with Crippen LogP contribution in [0.15, 0.2) is 11.3 Å². The highest BCUT2D eigenvalue weighted by atomic mass is 14.7. The predicted octanol–water partition coefficient (Wildman–Crippen LogP) is 2.29. The van der Waals surface area contributed by atoms with E-state index in [-0.39, 0.29) is 0 Å². The monoisotopic (exact) mass is 151 g/mol. The average Bonchev–Trinajstić information content (AvgIpc) is 1.93. The SMILES string of the molecule is CC1=C(N)CC2CC1C2(C)C. The van der Waals surface area contributed by atoms with Gasteiger partial charge < -0.3 is 5.73 Å². The average molecular weight is 151 g/mol. The van der Waals surface area contributed by atoms with Crippen LogP contribution in [0.1, 0.15) is 33.6 Å². The van der Waals surface area contributed by atoms with Crippen molar-refractivity contribution in [2.24, 2.45) is 23.0 Å². The van der Waals surface area contributed by atoms with E-state index < -0.39 is 0 Å². The van der Waals surface area contributed by atoms with E-state index in [1.165, 1.54) is 17.7 Å². The lowest BCUT2D eigenvalue weighted by Crippen LogP contribution is -2.49. The summed E-state index contributed by atoms with van der Waals surface area (Å²) in [5, 5.41) is 0. The van der Waals surface area contributed by atoms with Crippen LogP contribution in [0.25, 0.3) is 0 Å². The van der Waals surface area contributed by atoms with Gasteiger partial charge in [0.25, 0.3) is 0 Å². The quantitative estimate of drug-likeness (QED) is 0.564. The second-order valence-corrected chi connectivity index (χ2v) is 4.72. The van der Waals surface area contributed by atoms with Crippen LogP contribution in [0, 0.1) is 17.3 Å². The Hall–Kier alpha value is -0.460. The molecule has 1 nitrogen and oxygen atoms in total. The Kier molecular flexibility index (Phi) is 1.19. The van der Waals surface area contributed by atoms with Crippen LogP contribution in [-0.2, 0) is 0 Å². The Morgan fingerprint density at radius 3 is 2.45 bits per heavy atom.